The highest BCUT2D eigenvalue weighted by Crippen LogP contribution is 2.45. The molecule has 11 N–H and O–H groups in total. The highest BCUT2D eigenvalue weighted by Gasteiger charge is 2.47. The molecule has 0 bridgehead atoms. The molecule has 2 saturated heterocycles. The lowest BCUT2D eigenvalue weighted by molar-refractivity contribution is -0.277. The highest BCUT2D eigenvalue weighted by molar-refractivity contribution is 5.93. The second-order valence-electron chi connectivity index (χ2n) is 10.6. The molecule has 10 atom stereocenters. The predicted molar refractivity (Wildman–Crippen MR) is 148 cm³/mol. The molecule has 0 radical (unpaired) electrons. The Morgan fingerprint density at radius 1 is 0.696 bits per heavy atom. The van der Waals surface area contributed by atoms with E-state index in [0.717, 1.165) is 25.3 Å². The van der Waals surface area contributed by atoms with Crippen LogP contribution in [0.2, 0.25) is 0 Å². The van der Waals surface area contributed by atoms with Crippen LogP contribution >= 0.6 is 0 Å². The summed E-state index contributed by atoms with van der Waals surface area (Å²) < 4.78 is 33.4. The Morgan fingerprint density at radius 2 is 1.24 bits per heavy atom. The maximum atomic E-state index is 14.0. The average Bonchev–Trinajstić information content (AvgIpc) is 3.04. The van der Waals surface area contributed by atoms with Crippen LogP contribution in [0, 0.1) is 0 Å². The zero-order valence-electron chi connectivity index (χ0n) is 23.8. The fraction of sp³-hybridized carbons (Fsp3) is 0.464. The van der Waals surface area contributed by atoms with E-state index in [1.165, 1.54) is 6.07 Å². The molecule has 2 aromatic carbocycles. The minimum atomic E-state index is -1.98. The Bertz CT molecular complexity index is 1620. The number of phenols is 3. The molecule has 3 aromatic rings. The summed E-state index contributed by atoms with van der Waals surface area (Å²) in [5.41, 5.74) is -1.89. The van der Waals surface area contributed by atoms with E-state index in [4.69, 9.17) is 28.1 Å². The summed E-state index contributed by atoms with van der Waals surface area (Å²) in [6.45, 7) is -1.62. The van der Waals surface area contributed by atoms with Gasteiger partial charge in [0.05, 0.1) is 20.3 Å². The van der Waals surface area contributed by atoms with Crippen molar-refractivity contribution in [1.29, 1.82) is 0 Å². The second kappa shape index (κ2) is 13.0. The number of hydrogen-bond donors (Lipinski definition) is 11. The summed E-state index contributed by atoms with van der Waals surface area (Å²) in [7, 11) is 1.15. The summed E-state index contributed by atoms with van der Waals surface area (Å²) in [5, 5.41) is 111. The third-order valence-electron chi connectivity index (χ3n) is 7.65. The Morgan fingerprint density at radius 3 is 1.74 bits per heavy atom. The average molecular weight is 657 g/mol. The normalized spacial score (nSPS) is 31.5. The van der Waals surface area contributed by atoms with Gasteiger partial charge >= 0.3 is 0 Å². The minimum absolute atomic E-state index is 0.144. The predicted octanol–water partition coefficient (Wildman–Crippen LogP) is -3.06. The van der Waals surface area contributed by atoms with Gasteiger partial charge in [0.15, 0.2) is 28.6 Å². The third kappa shape index (κ3) is 5.75. The number of fused-ring (bicyclic) bond motifs is 1. The van der Waals surface area contributed by atoms with Gasteiger partial charge in [-0.3, -0.25) is 4.79 Å². The van der Waals surface area contributed by atoms with Crippen molar-refractivity contribution in [3.8, 4) is 45.8 Å². The smallest absolute Gasteiger partial charge is 0.239 e. The molecule has 46 heavy (non-hydrogen) atoms. The van der Waals surface area contributed by atoms with Crippen molar-refractivity contribution in [2.24, 2.45) is 0 Å². The molecule has 0 amide bonds. The first kappa shape index (κ1) is 33.4. The fourth-order valence-electron chi connectivity index (χ4n) is 5.07. The molecule has 1 aromatic heterocycles. The van der Waals surface area contributed by atoms with E-state index in [1.807, 2.05) is 0 Å². The van der Waals surface area contributed by atoms with Gasteiger partial charge in [-0.15, -0.1) is 0 Å². The van der Waals surface area contributed by atoms with Gasteiger partial charge in [-0.05, 0) is 18.2 Å². The van der Waals surface area contributed by atoms with Crippen molar-refractivity contribution >= 4 is 11.0 Å². The van der Waals surface area contributed by atoms with E-state index in [0.29, 0.717) is 0 Å². The van der Waals surface area contributed by atoms with Crippen molar-refractivity contribution in [1.82, 2.24) is 0 Å². The summed E-state index contributed by atoms with van der Waals surface area (Å²) in [5.74, 6) is -4.13. The van der Waals surface area contributed by atoms with Gasteiger partial charge in [0.1, 0.15) is 60.0 Å². The number of aliphatic hydroxyl groups excluding tert-OH is 8. The van der Waals surface area contributed by atoms with Crippen LogP contribution in [-0.4, -0.2) is 138 Å². The molecular formula is C28H32O18. The summed E-state index contributed by atoms with van der Waals surface area (Å²) >= 11 is 0. The SMILES string of the molecule is COc1cc(O)c2c(=O)c(O[C@H]3O[C@@H](CO)[C@H](O)[C@@H](O)[C@H]3O)c(-c3ccc(O)c(O)c3)oc2c1O[C@H]1O[C@H](CO)[C@@H](O)[C@@H](O)[C@H]1O. The topological polar surface area (TPSA) is 299 Å². The van der Waals surface area contributed by atoms with Gasteiger partial charge in [-0.2, -0.15) is 0 Å². The molecule has 5 rings (SSSR count). The van der Waals surface area contributed by atoms with Crippen LogP contribution in [0.1, 0.15) is 0 Å². The molecule has 0 unspecified atom stereocenters. The van der Waals surface area contributed by atoms with Crippen molar-refractivity contribution in [3.63, 3.8) is 0 Å². The lowest BCUT2D eigenvalue weighted by Crippen LogP contribution is -2.60. The molecule has 2 aliphatic heterocycles. The molecule has 18 nitrogen and oxygen atoms in total. The molecule has 252 valence electrons. The van der Waals surface area contributed by atoms with Crippen LogP contribution in [0.4, 0.5) is 0 Å². The van der Waals surface area contributed by atoms with E-state index < -0.39 is 126 Å². The van der Waals surface area contributed by atoms with Crippen LogP contribution in [0.5, 0.6) is 34.5 Å². The first-order valence-electron chi connectivity index (χ1n) is 13.7. The Kier molecular flexibility index (Phi) is 9.47. The molecule has 0 aliphatic carbocycles. The van der Waals surface area contributed by atoms with E-state index in [1.54, 1.807) is 0 Å². The monoisotopic (exact) mass is 656 g/mol. The molecule has 2 fully saturated rings. The lowest BCUT2D eigenvalue weighted by atomic mass is 9.99. The van der Waals surface area contributed by atoms with Crippen LogP contribution in [0.25, 0.3) is 22.3 Å². The van der Waals surface area contributed by atoms with Crippen LogP contribution < -0.4 is 19.6 Å². The fourth-order valence-corrected chi connectivity index (χ4v) is 5.07. The van der Waals surface area contributed by atoms with E-state index >= 15 is 0 Å². The maximum Gasteiger partial charge on any atom is 0.239 e. The quantitative estimate of drug-likeness (QED) is 0.107. The van der Waals surface area contributed by atoms with Crippen LogP contribution in [-0.2, 0) is 9.47 Å². The molecule has 0 spiro atoms. The number of methoxy groups -OCH3 is 1. The zero-order valence-corrected chi connectivity index (χ0v) is 23.8. The minimum Gasteiger partial charge on any atom is -0.507 e. The van der Waals surface area contributed by atoms with E-state index in [-0.39, 0.29) is 11.3 Å². The number of ether oxygens (including phenoxy) is 5. The molecular weight excluding hydrogens is 624 g/mol. The maximum absolute atomic E-state index is 14.0. The van der Waals surface area contributed by atoms with E-state index in [9.17, 15) is 61.0 Å². The first-order valence-corrected chi connectivity index (χ1v) is 13.7. The molecule has 2 aliphatic rings. The summed E-state index contributed by atoms with van der Waals surface area (Å²) in [4.78, 5) is 14.0. The number of hydrogen-bond acceptors (Lipinski definition) is 18. The van der Waals surface area contributed by atoms with Crippen molar-refractivity contribution in [2.45, 2.75) is 61.4 Å². The summed E-state index contributed by atoms with van der Waals surface area (Å²) in [6.07, 6.45) is -17.7. The van der Waals surface area contributed by atoms with Crippen LogP contribution in [0.15, 0.2) is 33.5 Å². The standard InChI is InChI=1S/C28H32O18/c1-41-12-5-11(33)15-18(36)26(46-28-22(40)20(38)17(35)14(7-30)43-28)23(8-2-3-9(31)10(32)4-8)44-25(15)24(12)45-27-21(39)19(37)16(34)13(6-29)42-27/h2-5,13-14,16-17,19-22,27-35,37-40H,6-7H2,1H3/t13-,14+,16-,17+,19-,20-,21-,22-,27-,28-/m1/s1. The van der Waals surface area contributed by atoms with Crippen molar-refractivity contribution in [3.05, 3.63) is 34.5 Å². The van der Waals surface area contributed by atoms with E-state index in [2.05, 4.69) is 0 Å². The molecule has 3 heterocycles. The number of aliphatic hydroxyl groups is 8. The lowest BCUT2D eigenvalue weighted by Gasteiger charge is -2.39. The first-order chi connectivity index (χ1) is 21.8. The summed E-state index contributed by atoms with van der Waals surface area (Å²) in [6, 6.07) is 4.08. The number of aromatic hydroxyl groups is 3. The Hall–Kier alpha value is -3.95. The van der Waals surface area contributed by atoms with Gasteiger partial charge in [0.25, 0.3) is 0 Å². The second-order valence-corrected chi connectivity index (χ2v) is 10.6. The largest absolute Gasteiger partial charge is 0.507 e. The molecule has 18 heteroatoms. The Balaban J connectivity index is 1.72. The number of phenolic OH excluding ortho intramolecular Hbond substituents is 3. The van der Waals surface area contributed by atoms with Gasteiger partial charge in [-0.1, -0.05) is 0 Å². The number of benzene rings is 2. The Labute approximate surface area is 257 Å². The van der Waals surface area contributed by atoms with Gasteiger partial charge in [0.2, 0.25) is 29.5 Å². The van der Waals surface area contributed by atoms with Crippen molar-refractivity contribution in [2.75, 3.05) is 20.3 Å². The third-order valence-corrected chi connectivity index (χ3v) is 7.65. The molecule has 0 saturated carbocycles. The van der Waals surface area contributed by atoms with Crippen LogP contribution in [0.3, 0.4) is 0 Å². The zero-order chi connectivity index (χ0) is 33.6. The highest BCUT2D eigenvalue weighted by atomic mass is 16.7. The van der Waals surface area contributed by atoms with Crippen molar-refractivity contribution < 1.29 is 84.3 Å². The number of rotatable bonds is 8. The van der Waals surface area contributed by atoms with Gasteiger partial charge < -0.3 is 84.3 Å². The van der Waals surface area contributed by atoms with Gasteiger partial charge in [0, 0.05) is 11.6 Å². The van der Waals surface area contributed by atoms with Gasteiger partial charge in [-0.25, -0.2) is 0 Å².